The summed E-state index contributed by atoms with van der Waals surface area (Å²) in [7, 11) is 0. The van der Waals surface area contributed by atoms with Crippen molar-refractivity contribution in [1.82, 2.24) is 10.6 Å². The molecule has 0 radical (unpaired) electrons. The molecule has 1 aliphatic rings. The van der Waals surface area contributed by atoms with Crippen LogP contribution in [0.1, 0.15) is 35.7 Å². The molecule has 1 saturated carbocycles. The van der Waals surface area contributed by atoms with Crippen LogP contribution in [-0.4, -0.2) is 30.4 Å². The summed E-state index contributed by atoms with van der Waals surface area (Å²) in [6.45, 7) is 2.28. The highest BCUT2D eigenvalue weighted by molar-refractivity contribution is 5.97. The van der Waals surface area contributed by atoms with E-state index in [1.165, 1.54) is 0 Å². The van der Waals surface area contributed by atoms with E-state index in [4.69, 9.17) is 5.73 Å². The quantitative estimate of drug-likeness (QED) is 0.710. The Labute approximate surface area is 118 Å². The van der Waals surface area contributed by atoms with E-state index in [-0.39, 0.29) is 11.8 Å². The lowest BCUT2D eigenvalue weighted by atomic mass is 10.1. The maximum Gasteiger partial charge on any atom is 0.251 e. The number of rotatable bonds is 6. The van der Waals surface area contributed by atoms with Crippen molar-refractivity contribution in [3.63, 3.8) is 0 Å². The smallest absolute Gasteiger partial charge is 0.251 e. The Morgan fingerprint density at radius 3 is 2.50 bits per heavy atom. The van der Waals surface area contributed by atoms with E-state index >= 15 is 0 Å². The van der Waals surface area contributed by atoms with Crippen LogP contribution < -0.4 is 16.4 Å². The normalized spacial score (nSPS) is 15.5. The van der Waals surface area contributed by atoms with E-state index in [1.807, 2.05) is 12.1 Å². The number of amides is 2. The molecule has 2 amide bonds. The molecule has 108 valence electrons. The predicted octanol–water partition coefficient (Wildman–Crippen LogP) is 0.585. The lowest BCUT2D eigenvalue weighted by Gasteiger charge is -2.14. The number of carbonyl (C=O) groups is 2. The van der Waals surface area contributed by atoms with Gasteiger partial charge in [0.25, 0.3) is 5.91 Å². The predicted molar refractivity (Wildman–Crippen MR) is 77.3 cm³/mol. The van der Waals surface area contributed by atoms with Crippen LogP contribution >= 0.6 is 0 Å². The Morgan fingerprint density at radius 1 is 1.30 bits per heavy atom. The summed E-state index contributed by atoms with van der Waals surface area (Å²) in [4.78, 5) is 23.8. The standard InChI is InChI=1S/C15H21N3O2/c1-10(14(19)18-13-6-7-13)17-15(20)12-4-2-11(3-5-12)8-9-16/h2-5,10,13H,6-9,16H2,1H3,(H,17,20)(H,18,19). The molecule has 1 unspecified atom stereocenters. The van der Waals surface area contributed by atoms with Crippen molar-refractivity contribution >= 4 is 11.8 Å². The van der Waals surface area contributed by atoms with Crippen LogP contribution in [0.25, 0.3) is 0 Å². The van der Waals surface area contributed by atoms with E-state index in [1.54, 1.807) is 19.1 Å². The van der Waals surface area contributed by atoms with Crippen molar-refractivity contribution in [1.29, 1.82) is 0 Å². The molecule has 0 spiro atoms. The minimum Gasteiger partial charge on any atom is -0.352 e. The highest BCUT2D eigenvalue weighted by atomic mass is 16.2. The van der Waals surface area contributed by atoms with Crippen LogP contribution in [0.2, 0.25) is 0 Å². The Bertz CT molecular complexity index is 480. The summed E-state index contributed by atoms with van der Waals surface area (Å²) >= 11 is 0. The van der Waals surface area contributed by atoms with Gasteiger partial charge in [-0.3, -0.25) is 9.59 Å². The van der Waals surface area contributed by atoms with Gasteiger partial charge in [0, 0.05) is 11.6 Å². The van der Waals surface area contributed by atoms with E-state index in [9.17, 15) is 9.59 Å². The van der Waals surface area contributed by atoms with Gasteiger partial charge in [0.2, 0.25) is 5.91 Å². The van der Waals surface area contributed by atoms with Crippen LogP contribution in [0, 0.1) is 0 Å². The maximum absolute atomic E-state index is 12.0. The minimum atomic E-state index is -0.521. The highest BCUT2D eigenvalue weighted by Crippen LogP contribution is 2.18. The second-order valence-corrected chi connectivity index (χ2v) is 5.21. The molecule has 5 heteroatoms. The zero-order chi connectivity index (χ0) is 14.5. The van der Waals surface area contributed by atoms with Crippen molar-refractivity contribution in [3.05, 3.63) is 35.4 Å². The summed E-state index contributed by atoms with van der Waals surface area (Å²) in [6, 6.07) is 7.06. The van der Waals surface area contributed by atoms with Gasteiger partial charge in [-0.1, -0.05) is 12.1 Å². The molecule has 5 nitrogen and oxygen atoms in total. The summed E-state index contributed by atoms with van der Waals surface area (Å²) in [5.41, 5.74) is 7.13. The summed E-state index contributed by atoms with van der Waals surface area (Å²) in [5, 5.41) is 5.57. The third-order valence-electron chi connectivity index (χ3n) is 3.31. The summed E-state index contributed by atoms with van der Waals surface area (Å²) in [6.07, 6.45) is 2.87. The fourth-order valence-corrected chi connectivity index (χ4v) is 1.89. The van der Waals surface area contributed by atoms with E-state index in [0.29, 0.717) is 18.2 Å². The zero-order valence-corrected chi connectivity index (χ0v) is 11.7. The monoisotopic (exact) mass is 275 g/mol. The minimum absolute atomic E-state index is 0.124. The second kappa shape index (κ2) is 6.52. The molecule has 4 N–H and O–H groups in total. The number of benzene rings is 1. The first-order valence-corrected chi connectivity index (χ1v) is 7.00. The van der Waals surface area contributed by atoms with Gasteiger partial charge in [0.15, 0.2) is 0 Å². The Balaban J connectivity index is 1.87. The molecule has 1 aliphatic carbocycles. The van der Waals surface area contributed by atoms with E-state index < -0.39 is 6.04 Å². The number of nitrogens with two attached hydrogens (primary N) is 1. The lowest BCUT2D eigenvalue weighted by molar-refractivity contribution is -0.122. The average Bonchev–Trinajstić information content (AvgIpc) is 3.23. The molecule has 0 aliphatic heterocycles. The maximum atomic E-state index is 12.0. The molecular formula is C15H21N3O2. The van der Waals surface area contributed by atoms with E-state index in [2.05, 4.69) is 10.6 Å². The van der Waals surface area contributed by atoms with Crippen LogP contribution in [0.3, 0.4) is 0 Å². The molecule has 1 atom stereocenters. The largest absolute Gasteiger partial charge is 0.352 e. The van der Waals surface area contributed by atoms with Crippen LogP contribution in [0.4, 0.5) is 0 Å². The molecular weight excluding hydrogens is 254 g/mol. The van der Waals surface area contributed by atoms with E-state index in [0.717, 1.165) is 24.8 Å². The van der Waals surface area contributed by atoms with Crippen LogP contribution in [-0.2, 0) is 11.2 Å². The lowest BCUT2D eigenvalue weighted by Crippen LogP contribution is -2.45. The third kappa shape index (κ3) is 4.06. The van der Waals surface area contributed by atoms with Gasteiger partial charge < -0.3 is 16.4 Å². The van der Waals surface area contributed by atoms with Gasteiger partial charge in [0.1, 0.15) is 6.04 Å². The van der Waals surface area contributed by atoms with Crippen LogP contribution in [0.15, 0.2) is 24.3 Å². The van der Waals surface area contributed by atoms with Crippen molar-refractivity contribution in [2.45, 2.75) is 38.3 Å². The molecule has 0 heterocycles. The fourth-order valence-electron chi connectivity index (χ4n) is 1.89. The Kier molecular flexibility index (Phi) is 4.74. The fraction of sp³-hybridized carbons (Fsp3) is 0.467. The summed E-state index contributed by atoms with van der Waals surface area (Å²) < 4.78 is 0. The number of nitrogens with one attached hydrogen (secondary N) is 2. The molecule has 0 saturated heterocycles. The first-order valence-electron chi connectivity index (χ1n) is 7.00. The molecule has 0 bridgehead atoms. The van der Waals surface area contributed by atoms with Crippen molar-refractivity contribution < 1.29 is 9.59 Å². The first kappa shape index (κ1) is 14.5. The zero-order valence-electron chi connectivity index (χ0n) is 11.7. The molecule has 1 fully saturated rings. The molecule has 20 heavy (non-hydrogen) atoms. The average molecular weight is 275 g/mol. The summed E-state index contributed by atoms with van der Waals surface area (Å²) in [5.74, 6) is -0.358. The van der Waals surface area contributed by atoms with Gasteiger partial charge in [-0.25, -0.2) is 0 Å². The molecule has 2 rings (SSSR count). The third-order valence-corrected chi connectivity index (χ3v) is 3.31. The molecule has 1 aromatic rings. The van der Waals surface area contributed by atoms with Gasteiger partial charge in [-0.2, -0.15) is 0 Å². The topological polar surface area (TPSA) is 84.2 Å². The molecule has 0 aromatic heterocycles. The SMILES string of the molecule is CC(NC(=O)c1ccc(CCN)cc1)C(=O)NC1CC1. The van der Waals surface area contributed by atoms with Crippen molar-refractivity contribution in [3.8, 4) is 0 Å². The number of carbonyl (C=O) groups excluding carboxylic acids is 2. The van der Waals surface area contributed by atoms with Gasteiger partial charge in [0.05, 0.1) is 0 Å². The van der Waals surface area contributed by atoms with Gasteiger partial charge in [-0.05, 0) is 50.4 Å². The van der Waals surface area contributed by atoms with Gasteiger partial charge >= 0.3 is 0 Å². The van der Waals surface area contributed by atoms with Gasteiger partial charge in [-0.15, -0.1) is 0 Å². The first-order chi connectivity index (χ1) is 9.60. The Hall–Kier alpha value is -1.88. The van der Waals surface area contributed by atoms with Crippen LogP contribution in [0.5, 0.6) is 0 Å². The number of hydrogen-bond acceptors (Lipinski definition) is 3. The molecule has 1 aromatic carbocycles. The Morgan fingerprint density at radius 2 is 1.95 bits per heavy atom. The van der Waals surface area contributed by atoms with Crippen molar-refractivity contribution in [2.75, 3.05) is 6.54 Å². The second-order valence-electron chi connectivity index (χ2n) is 5.21. The number of hydrogen-bond donors (Lipinski definition) is 3. The highest BCUT2D eigenvalue weighted by Gasteiger charge is 2.26. The van der Waals surface area contributed by atoms with Crippen molar-refractivity contribution in [2.24, 2.45) is 5.73 Å².